The van der Waals surface area contributed by atoms with E-state index < -0.39 is 6.16 Å². The van der Waals surface area contributed by atoms with E-state index >= 15 is 0 Å². The monoisotopic (exact) mass is 362 g/mol. The Balaban J connectivity index is 1.67. The van der Waals surface area contributed by atoms with Crippen LogP contribution in [-0.4, -0.2) is 11.3 Å². The second-order valence-corrected chi connectivity index (χ2v) is 6.78. The van der Waals surface area contributed by atoms with Crippen molar-refractivity contribution >= 4 is 6.16 Å². The summed E-state index contributed by atoms with van der Waals surface area (Å²) in [7, 11) is 0. The van der Waals surface area contributed by atoms with Gasteiger partial charge in [-0.25, -0.2) is 4.79 Å². The number of carbonyl (C=O) groups is 1. The number of allylic oxidation sites excluding steroid dienone is 5. The van der Waals surface area contributed by atoms with E-state index in [9.17, 15) is 9.90 Å². The Morgan fingerprint density at radius 3 is 2.22 bits per heavy atom. The summed E-state index contributed by atoms with van der Waals surface area (Å²) in [5.74, 6) is 1.13. The number of hydrogen-bond donors (Lipinski definition) is 1. The predicted octanol–water partition coefficient (Wildman–Crippen LogP) is 5.63. The maximum absolute atomic E-state index is 12.0. The fraction of sp³-hybridized carbons (Fsp3) is 0.174. The number of benzene rings is 2. The topological polar surface area (TPSA) is 55.8 Å². The van der Waals surface area contributed by atoms with Gasteiger partial charge < -0.3 is 14.6 Å². The normalized spacial score (nSPS) is 13.6. The molecule has 2 aromatic carbocycles. The summed E-state index contributed by atoms with van der Waals surface area (Å²) in [4.78, 5) is 12.0. The van der Waals surface area contributed by atoms with Gasteiger partial charge in [0.05, 0.1) is 0 Å². The summed E-state index contributed by atoms with van der Waals surface area (Å²) in [6, 6.07) is 14.5. The van der Waals surface area contributed by atoms with Gasteiger partial charge in [-0.1, -0.05) is 56.3 Å². The molecule has 138 valence electrons. The van der Waals surface area contributed by atoms with E-state index in [-0.39, 0.29) is 11.2 Å². The maximum Gasteiger partial charge on any atom is 0.519 e. The number of phenolic OH excluding ortho intramolecular Hbond substituents is 1. The van der Waals surface area contributed by atoms with Crippen LogP contribution in [-0.2, 0) is 10.2 Å². The number of ether oxygens (including phenoxy) is 2. The van der Waals surface area contributed by atoms with Crippen LogP contribution in [0.5, 0.6) is 11.5 Å². The number of aromatic hydroxyl groups is 1. The van der Waals surface area contributed by atoms with Crippen molar-refractivity contribution in [1.29, 1.82) is 0 Å². The van der Waals surface area contributed by atoms with E-state index in [0.29, 0.717) is 17.9 Å². The summed E-state index contributed by atoms with van der Waals surface area (Å²) in [6.07, 6.45) is 9.14. The van der Waals surface area contributed by atoms with Gasteiger partial charge in [0, 0.05) is 5.41 Å². The number of phenols is 1. The Morgan fingerprint density at radius 1 is 0.926 bits per heavy atom. The molecule has 0 saturated heterocycles. The molecular weight excluding hydrogens is 340 g/mol. The van der Waals surface area contributed by atoms with Gasteiger partial charge >= 0.3 is 6.16 Å². The predicted molar refractivity (Wildman–Crippen MR) is 105 cm³/mol. The van der Waals surface area contributed by atoms with Crippen molar-refractivity contribution < 1.29 is 19.4 Å². The lowest BCUT2D eigenvalue weighted by Gasteiger charge is -2.26. The first kappa shape index (κ1) is 18.5. The molecule has 27 heavy (non-hydrogen) atoms. The van der Waals surface area contributed by atoms with Crippen molar-refractivity contribution in [2.24, 2.45) is 0 Å². The number of hydrogen-bond acceptors (Lipinski definition) is 4. The second kappa shape index (κ2) is 7.96. The van der Waals surface area contributed by atoms with Crippen molar-refractivity contribution in [1.82, 2.24) is 0 Å². The zero-order valence-corrected chi connectivity index (χ0v) is 15.4. The van der Waals surface area contributed by atoms with Crippen LogP contribution in [0, 0.1) is 0 Å². The molecule has 0 atom stereocenters. The highest BCUT2D eigenvalue weighted by atomic mass is 16.7. The van der Waals surface area contributed by atoms with Gasteiger partial charge in [-0.2, -0.15) is 0 Å². The molecule has 0 saturated carbocycles. The maximum atomic E-state index is 12.0. The van der Waals surface area contributed by atoms with Crippen molar-refractivity contribution in [3.8, 4) is 11.5 Å². The van der Waals surface area contributed by atoms with Gasteiger partial charge in [0.2, 0.25) is 0 Å². The Morgan fingerprint density at radius 2 is 1.56 bits per heavy atom. The lowest BCUT2D eigenvalue weighted by atomic mass is 9.78. The fourth-order valence-corrected chi connectivity index (χ4v) is 2.83. The third-order valence-electron chi connectivity index (χ3n) is 4.53. The lowest BCUT2D eigenvalue weighted by molar-refractivity contribution is 0.129. The fourth-order valence-electron chi connectivity index (χ4n) is 2.83. The molecule has 1 aliphatic carbocycles. The molecule has 1 N–H and O–H groups in total. The smallest absolute Gasteiger partial charge is 0.508 e. The average molecular weight is 362 g/mol. The van der Waals surface area contributed by atoms with Crippen molar-refractivity contribution in [3.05, 3.63) is 95.8 Å². The van der Waals surface area contributed by atoms with Crippen LogP contribution in [0.1, 0.15) is 31.4 Å². The van der Waals surface area contributed by atoms with Crippen LogP contribution in [0.2, 0.25) is 0 Å². The van der Waals surface area contributed by atoms with E-state index in [1.807, 2.05) is 48.6 Å². The van der Waals surface area contributed by atoms with E-state index in [1.165, 1.54) is 0 Å². The Labute approximate surface area is 159 Å². The quantitative estimate of drug-likeness (QED) is 0.565. The molecule has 0 heterocycles. The van der Waals surface area contributed by atoms with Gasteiger partial charge in [0.25, 0.3) is 0 Å². The molecule has 3 rings (SSSR count). The second-order valence-electron chi connectivity index (χ2n) is 6.78. The molecule has 0 spiro atoms. The molecule has 0 unspecified atom stereocenters. The molecule has 0 radical (unpaired) electrons. The summed E-state index contributed by atoms with van der Waals surface area (Å²) < 4.78 is 10.5. The molecule has 2 aromatic rings. The summed E-state index contributed by atoms with van der Waals surface area (Å²) in [6.45, 7) is 4.20. The average Bonchev–Trinajstić information content (AvgIpc) is 2.91. The SMILES string of the molecule is CC(C)(c1ccc(O)cc1)c1ccc(OC(=O)OC2=CCC=CC=C2)cc1. The first-order chi connectivity index (χ1) is 12.9. The summed E-state index contributed by atoms with van der Waals surface area (Å²) in [5.41, 5.74) is 1.89. The highest BCUT2D eigenvalue weighted by Crippen LogP contribution is 2.33. The van der Waals surface area contributed by atoms with Crippen LogP contribution >= 0.6 is 0 Å². The molecule has 0 fully saturated rings. The standard InChI is InChI=1S/C23H22O4/c1-23(2,17-9-13-19(24)14-10-17)18-11-15-21(16-12-18)27-22(25)26-20-7-5-3-4-6-8-20/h3-5,7-16,24H,6H2,1-2H3. The lowest BCUT2D eigenvalue weighted by Crippen LogP contribution is -2.18. The number of rotatable bonds is 4. The minimum atomic E-state index is -0.765. The van der Waals surface area contributed by atoms with Crippen molar-refractivity contribution in [3.63, 3.8) is 0 Å². The van der Waals surface area contributed by atoms with E-state index in [1.54, 1.807) is 30.3 Å². The summed E-state index contributed by atoms with van der Waals surface area (Å²) in [5, 5.41) is 9.47. The summed E-state index contributed by atoms with van der Waals surface area (Å²) >= 11 is 0. The Bertz CT molecular complexity index is 885. The molecule has 4 heteroatoms. The first-order valence-corrected chi connectivity index (χ1v) is 8.78. The molecule has 4 nitrogen and oxygen atoms in total. The van der Waals surface area contributed by atoms with E-state index in [2.05, 4.69) is 13.8 Å². The van der Waals surface area contributed by atoms with Crippen LogP contribution in [0.4, 0.5) is 4.79 Å². The molecule has 0 amide bonds. The highest BCUT2D eigenvalue weighted by Gasteiger charge is 2.23. The van der Waals surface area contributed by atoms with Crippen LogP contribution in [0.15, 0.2) is 84.7 Å². The molecule has 0 bridgehead atoms. The van der Waals surface area contributed by atoms with E-state index in [4.69, 9.17) is 9.47 Å². The molecular formula is C23H22O4. The van der Waals surface area contributed by atoms with Gasteiger partial charge in [-0.15, -0.1) is 0 Å². The molecule has 1 aliphatic rings. The number of carbonyl (C=O) groups excluding carboxylic acids is 1. The third-order valence-corrected chi connectivity index (χ3v) is 4.53. The van der Waals surface area contributed by atoms with Gasteiger partial charge in [-0.05, 0) is 54.0 Å². The zero-order chi connectivity index (χ0) is 19.3. The minimum absolute atomic E-state index is 0.242. The Kier molecular flexibility index (Phi) is 5.46. The third kappa shape index (κ3) is 4.67. The zero-order valence-electron chi connectivity index (χ0n) is 15.4. The van der Waals surface area contributed by atoms with Crippen molar-refractivity contribution in [2.75, 3.05) is 0 Å². The van der Waals surface area contributed by atoms with Gasteiger partial charge in [0.15, 0.2) is 0 Å². The minimum Gasteiger partial charge on any atom is -0.508 e. The highest BCUT2D eigenvalue weighted by molar-refractivity contribution is 5.65. The Hall–Kier alpha value is -3.27. The van der Waals surface area contributed by atoms with Crippen LogP contribution in [0.3, 0.4) is 0 Å². The molecule has 0 aliphatic heterocycles. The van der Waals surface area contributed by atoms with Crippen molar-refractivity contribution in [2.45, 2.75) is 25.7 Å². The first-order valence-electron chi connectivity index (χ1n) is 8.78. The van der Waals surface area contributed by atoms with Crippen LogP contribution < -0.4 is 4.74 Å². The molecule has 0 aromatic heterocycles. The van der Waals surface area contributed by atoms with E-state index in [0.717, 1.165) is 11.1 Å². The van der Waals surface area contributed by atoms with Gasteiger partial charge in [0.1, 0.15) is 17.3 Å². The van der Waals surface area contributed by atoms with Gasteiger partial charge in [-0.3, -0.25) is 0 Å². The van der Waals surface area contributed by atoms with Crippen LogP contribution in [0.25, 0.3) is 0 Å². The largest absolute Gasteiger partial charge is 0.519 e.